The van der Waals surface area contributed by atoms with Gasteiger partial charge in [0.15, 0.2) is 10.8 Å². The van der Waals surface area contributed by atoms with Crippen molar-refractivity contribution in [1.29, 1.82) is 0 Å². The van der Waals surface area contributed by atoms with Crippen LogP contribution >= 0.6 is 11.8 Å². The van der Waals surface area contributed by atoms with E-state index in [1.807, 2.05) is 31.2 Å². The monoisotopic (exact) mass is 382 g/mol. The SMILES string of the molecule is [C-]#[N+]c1cncc(-c2cccc([C@]34CO[C@@H](C)C[C@@]3(F)CSC(N)=N4)c2)c1. The average molecular weight is 382 g/mol. The topological polar surface area (TPSA) is 64.9 Å². The summed E-state index contributed by atoms with van der Waals surface area (Å²) in [6.45, 7) is 9.21. The van der Waals surface area contributed by atoms with Crippen LogP contribution in [0.25, 0.3) is 16.0 Å². The third kappa shape index (κ3) is 2.99. The molecule has 0 aliphatic carbocycles. The van der Waals surface area contributed by atoms with Crippen molar-refractivity contribution in [3.8, 4) is 11.1 Å². The van der Waals surface area contributed by atoms with E-state index >= 15 is 4.39 Å². The Morgan fingerprint density at radius 1 is 1.33 bits per heavy atom. The number of fused-ring (bicyclic) bond motifs is 1. The average Bonchev–Trinajstić information content (AvgIpc) is 2.68. The van der Waals surface area contributed by atoms with Gasteiger partial charge in [-0.2, -0.15) is 0 Å². The van der Waals surface area contributed by atoms with E-state index < -0.39 is 11.2 Å². The van der Waals surface area contributed by atoms with Gasteiger partial charge in [-0.25, -0.2) is 14.2 Å². The first-order chi connectivity index (χ1) is 13.0. The Labute approximate surface area is 161 Å². The minimum atomic E-state index is -1.53. The summed E-state index contributed by atoms with van der Waals surface area (Å²) in [7, 11) is 0. The number of nitrogens with two attached hydrogens (primary N) is 1. The van der Waals surface area contributed by atoms with Crippen LogP contribution in [-0.2, 0) is 10.3 Å². The van der Waals surface area contributed by atoms with Crippen LogP contribution in [0.15, 0.2) is 47.7 Å². The minimum Gasteiger partial charge on any atom is -0.379 e. The van der Waals surface area contributed by atoms with Crippen LogP contribution in [0.4, 0.5) is 10.1 Å². The van der Waals surface area contributed by atoms with Gasteiger partial charge in [0, 0.05) is 24.6 Å². The molecular formula is C20H19FN4OS. The quantitative estimate of drug-likeness (QED) is 0.795. The zero-order chi connectivity index (χ0) is 19.1. The number of rotatable bonds is 2. The standard InChI is InChI=1S/C20H19FN4OS/c1-13-8-19(21)12-27-18(22)25-20(19,11-26-13)16-5-3-4-14(6-16)15-7-17(23-2)10-24-9-15/h3-7,9-10,13H,8,11-12H2,1H3,(H2,22,25)/t13-,19+,20+/m0/s1. The second kappa shape index (κ2) is 6.63. The Balaban J connectivity index is 1.84. The van der Waals surface area contributed by atoms with Crippen LogP contribution < -0.4 is 5.73 Å². The summed E-state index contributed by atoms with van der Waals surface area (Å²) in [6, 6.07) is 9.34. The fraction of sp³-hybridized carbons (Fsp3) is 0.350. The molecule has 2 N–H and O–H groups in total. The molecule has 1 aromatic heterocycles. The van der Waals surface area contributed by atoms with Gasteiger partial charge in [0.2, 0.25) is 5.69 Å². The van der Waals surface area contributed by atoms with Crippen LogP contribution in [-0.4, -0.2) is 34.3 Å². The molecule has 2 aromatic rings. The molecule has 4 rings (SSSR count). The maximum atomic E-state index is 16.1. The normalized spacial score (nSPS) is 30.1. The van der Waals surface area contributed by atoms with Crippen molar-refractivity contribution in [3.05, 3.63) is 59.7 Å². The number of amidine groups is 1. The Morgan fingerprint density at radius 3 is 3.00 bits per heavy atom. The van der Waals surface area contributed by atoms with Gasteiger partial charge < -0.3 is 10.5 Å². The summed E-state index contributed by atoms with van der Waals surface area (Å²) >= 11 is 1.26. The number of alkyl halides is 1. The molecule has 3 heterocycles. The molecule has 0 spiro atoms. The maximum Gasteiger partial charge on any atom is 0.205 e. The third-order valence-corrected chi connectivity index (χ3v) is 6.19. The largest absolute Gasteiger partial charge is 0.379 e. The first kappa shape index (κ1) is 18.0. The Kier molecular flexibility index (Phi) is 4.41. The highest BCUT2D eigenvalue weighted by Gasteiger charge is 2.59. The third-order valence-electron chi connectivity index (χ3n) is 5.21. The Morgan fingerprint density at radius 2 is 2.19 bits per heavy atom. The minimum absolute atomic E-state index is 0.149. The van der Waals surface area contributed by atoms with E-state index in [2.05, 4.69) is 14.8 Å². The van der Waals surface area contributed by atoms with Gasteiger partial charge >= 0.3 is 0 Å². The van der Waals surface area contributed by atoms with Crippen LogP contribution in [0.5, 0.6) is 0 Å². The lowest BCUT2D eigenvalue weighted by Gasteiger charge is -2.49. The molecule has 1 fully saturated rings. The lowest BCUT2D eigenvalue weighted by Crippen LogP contribution is -2.60. The molecule has 1 saturated heterocycles. The molecular weight excluding hydrogens is 363 g/mol. The maximum absolute atomic E-state index is 16.1. The lowest BCUT2D eigenvalue weighted by atomic mass is 9.72. The van der Waals surface area contributed by atoms with E-state index in [0.717, 1.165) is 16.7 Å². The lowest BCUT2D eigenvalue weighted by molar-refractivity contribution is -0.106. The molecule has 27 heavy (non-hydrogen) atoms. The van der Waals surface area contributed by atoms with Crippen LogP contribution in [0.2, 0.25) is 0 Å². The molecule has 138 valence electrons. The zero-order valence-electron chi connectivity index (χ0n) is 14.9. The van der Waals surface area contributed by atoms with E-state index in [0.29, 0.717) is 10.9 Å². The first-order valence-corrected chi connectivity index (χ1v) is 9.66. The van der Waals surface area contributed by atoms with Crippen LogP contribution in [0, 0.1) is 6.57 Å². The zero-order valence-corrected chi connectivity index (χ0v) is 15.7. The summed E-state index contributed by atoms with van der Waals surface area (Å²) in [6.07, 6.45) is 3.32. The van der Waals surface area contributed by atoms with Gasteiger partial charge in [-0.05, 0) is 35.7 Å². The van der Waals surface area contributed by atoms with Crippen molar-refractivity contribution in [1.82, 2.24) is 4.98 Å². The number of pyridine rings is 1. The molecule has 0 amide bonds. The van der Waals surface area contributed by atoms with Gasteiger partial charge in [-0.1, -0.05) is 30.0 Å². The molecule has 7 heteroatoms. The summed E-state index contributed by atoms with van der Waals surface area (Å²) in [4.78, 5) is 12.1. The number of hydrogen-bond donors (Lipinski definition) is 1. The summed E-state index contributed by atoms with van der Waals surface area (Å²) in [5.41, 5.74) is 6.15. The van der Waals surface area contributed by atoms with Crippen molar-refractivity contribution < 1.29 is 9.13 Å². The van der Waals surface area contributed by atoms with Crippen molar-refractivity contribution in [2.75, 3.05) is 12.4 Å². The molecule has 0 saturated carbocycles. The predicted octanol–water partition coefficient (Wildman–Crippen LogP) is 4.07. The molecule has 3 atom stereocenters. The van der Waals surface area contributed by atoms with Crippen molar-refractivity contribution in [3.63, 3.8) is 0 Å². The van der Waals surface area contributed by atoms with Crippen molar-refractivity contribution in [2.45, 2.75) is 30.7 Å². The molecule has 5 nitrogen and oxygen atoms in total. The highest BCUT2D eigenvalue weighted by Crippen LogP contribution is 2.51. The van der Waals surface area contributed by atoms with Crippen LogP contribution in [0.1, 0.15) is 18.9 Å². The summed E-state index contributed by atoms with van der Waals surface area (Å²) in [5, 5.41) is 0.378. The molecule has 2 aliphatic rings. The second-order valence-electron chi connectivity index (χ2n) is 7.01. The number of ether oxygens (including phenoxy) is 1. The van der Waals surface area contributed by atoms with Crippen LogP contribution in [0.3, 0.4) is 0 Å². The van der Waals surface area contributed by atoms with E-state index in [4.69, 9.17) is 17.0 Å². The van der Waals surface area contributed by atoms with E-state index in [-0.39, 0.29) is 24.9 Å². The van der Waals surface area contributed by atoms with Crippen molar-refractivity contribution >= 4 is 22.6 Å². The predicted molar refractivity (Wildman–Crippen MR) is 106 cm³/mol. The van der Waals surface area contributed by atoms with Gasteiger partial charge in [-0.3, -0.25) is 4.98 Å². The van der Waals surface area contributed by atoms with Gasteiger partial charge in [-0.15, -0.1) is 0 Å². The van der Waals surface area contributed by atoms with E-state index in [9.17, 15) is 0 Å². The fourth-order valence-corrected chi connectivity index (χ4v) is 4.76. The highest BCUT2D eigenvalue weighted by molar-refractivity contribution is 8.13. The Bertz CT molecular complexity index is 959. The number of aliphatic imine (C=N–C) groups is 1. The van der Waals surface area contributed by atoms with Gasteiger partial charge in [0.1, 0.15) is 5.54 Å². The van der Waals surface area contributed by atoms with E-state index in [1.165, 1.54) is 18.0 Å². The van der Waals surface area contributed by atoms with E-state index in [1.54, 1.807) is 12.3 Å². The van der Waals surface area contributed by atoms with Gasteiger partial charge in [0.05, 0.1) is 19.3 Å². The molecule has 0 unspecified atom stereocenters. The highest BCUT2D eigenvalue weighted by atomic mass is 32.2. The summed E-state index contributed by atoms with van der Waals surface area (Å²) in [5.74, 6) is 0.259. The number of halogens is 1. The fourth-order valence-electron chi connectivity index (χ4n) is 3.80. The summed E-state index contributed by atoms with van der Waals surface area (Å²) < 4.78 is 22.0. The van der Waals surface area contributed by atoms with Gasteiger partial charge in [0.25, 0.3) is 0 Å². The molecule has 2 aliphatic heterocycles. The molecule has 1 aromatic carbocycles. The number of hydrogen-bond acceptors (Lipinski definition) is 5. The smallest absolute Gasteiger partial charge is 0.205 e. The number of benzene rings is 1. The Hall–Kier alpha value is -2.43. The first-order valence-electron chi connectivity index (χ1n) is 8.68. The number of aromatic nitrogens is 1. The number of thioether (sulfide) groups is 1. The molecule has 0 bridgehead atoms. The van der Waals surface area contributed by atoms with Crippen molar-refractivity contribution in [2.24, 2.45) is 10.7 Å². The number of nitrogens with zero attached hydrogens (tertiary/aromatic N) is 3. The second-order valence-corrected chi connectivity index (χ2v) is 8.01. The molecule has 0 radical (unpaired) electrons.